The van der Waals surface area contributed by atoms with E-state index in [9.17, 15) is 0 Å². The molecule has 7 aromatic carbocycles. The molecule has 0 bridgehead atoms. The summed E-state index contributed by atoms with van der Waals surface area (Å²) in [5, 5.41) is 4.65. The van der Waals surface area contributed by atoms with Crippen LogP contribution in [0, 0.1) is 0 Å². The predicted molar refractivity (Wildman–Crippen MR) is 228 cm³/mol. The molecule has 0 spiro atoms. The number of pyridine rings is 1. The molecule has 0 fully saturated rings. The van der Waals surface area contributed by atoms with Crippen molar-refractivity contribution < 1.29 is 0 Å². The summed E-state index contributed by atoms with van der Waals surface area (Å²) in [4.78, 5) is 20.7. The molecule has 0 aliphatic carbocycles. The van der Waals surface area contributed by atoms with Gasteiger partial charge in [0.1, 0.15) is 0 Å². The van der Waals surface area contributed by atoms with E-state index in [0.29, 0.717) is 17.6 Å². The van der Waals surface area contributed by atoms with E-state index < -0.39 is 0 Å². The number of hydrogen-bond donors (Lipinski definition) is 0. The van der Waals surface area contributed by atoms with E-state index in [4.69, 9.17) is 19.9 Å². The first kappa shape index (κ1) is 31.8. The molecule has 0 saturated carbocycles. The molecule has 0 unspecified atom stereocenters. The molecule has 0 radical (unpaired) electrons. The number of fused-ring (bicyclic) bond motifs is 6. The van der Waals surface area contributed by atoms with Crippen molar-refractivity contribution in [1.29, 1.82) is 0 Å². The van der Waals surface area contributed by atoms with Gasteiger partial charge in [-0.2, -0.15) is 9.97 Å². The molecule has 56 heavy (non-hydrogen) atoms. The summed E-state index contributed by atoms with van der Waals surface area (Å²) in [6.07, 6.45) is 1.85. The Kier molecular flexibility index (Phi) is 7.38. The van der Waals surface area contributed by atoms with E-state index in [-0.39, 0.29) is 0 Å². The third-order valence-corrected chi connectivity index (χ3v) is 10.7. The Balaban J connectivity index is 1.22. The van der Waals surface area contributed by atoms with Gasteiger partial charge in [-0.1, -0.05) is 146 Å². The lowest BCUT2D eigenvalue weighted by atomic mass is 10.0. The zero-order valence-electron chi connectivity index (χ0n) is 30.2. The van der Waals surface area contributed by atoms with E-state index in [1.165, 1.54) is 10.8 Å². The van der Waals surface area contributed by atoms with Crippen LogP contribution in [0.4, 0.5) is 0 Å². The minimum absolute atomic E-state index is 0.552. The molecule has 4 aromatic heterocycles. The lowest BCUT2D eigenvalue weighted by Crippen LogP contribution is -2.07. The number of aromatic nitrogens is 6. The average Bonchev–Trinajstić information content (AvgIpc) is 3.80. The van der Waals surface area contributed by atoms with Gasteiger partial charge >= 0.3 is 0 Å². The van der Waals surface area contributed by atoms with Crippen LogP contribution in [0.5, 0.6) is 0 Å². The van der Waals surface area contributed by atoms with Crippen molar-refractivity contribution in [1.82, 2.24) is 29.1 Å². The summed E-state index contributed by atoms with van der Waals surface area (Å²) < 4.78 is 4.55. The van der Waals surface area contributed by atoms with Gasteiger partial charge in [-0.25, -0.2) is 4.98 Å². The lowest BCUT2D eigenvalue weighted by Gasteiger charge is -2.16. The highest BCUT2D eigenvalue weighted by Gasteiger charge is 2.22. The Morgan fingerprint density at radius 2 is 0.911 bits per heavy atom. The van der Waals surface area contributed by atoms with Crippen molar-refractivity contribution in [2.75, 3.05) is 0 Å². The largest absolute Gasteiger partial charge is 0.309 e. The minimum atomic E-state index is 0.552. The van der Waals surface area contributed by atoms with Gasteiger partial charge in [0, 0.05) is 50.0 Å². The topological polar surface area (TPSA) is 61.4 Å². The van der Waals surface area contributed by atoms with Crippen LogP contribution in [-0.4, -0.2) is 29.1 Å². The van der Waals surface area contributed by atoms with Crippen molar-refractivity contribution in [3.05, 3.63) is 194 Å². The number of rotatable bonds is 6. The summed E-state index contributed by atoms with van der Waals surface area (Å²) >= 11 is 0. The van der Waals surface area contributed by atoms with Gasteiger partial charge in [0.25, 0.3) is 0 Å². The van der Waals surface area contributed by atoms with Gasteiger partial charge in [0.15, 0.2) is 11.6 Å². The fourth-order valence-corrected chi connectivity index (χ4v) is 8.16. The molecular formula is C50H32N6. The van der Waals surface area contributed by atoms with Crippen LogP contribution in [0.25, 0.3) is 100 Å². The predicted octanol–water partition coefficient (Wildman–Crippen LogP) is 12.1. The summed E-state index contributed by atoms with van der Waals surface area (Å²) in [6, 6.07) is 65.4. The average molecular weight is 717 g/mol. The van der Waals surface area contributed by atoms with Gasteiger partial charge < -0.3 is 4.57 Å². The first-order valence-corrected chi connectivity index (χ1v) is 18.7. The minimum Gasteiger partial charge on any atom is -0.309 e. The Morgan fingerprint density at radius 3 is 1.57 bits per heavy atom. The Bertz CT molecular complexity index is 3190. The summed E-state index contributed by atoms with van der Waals surface area (Å²) in [5.74, 6) is 1.73. The van der Waals surface area contributed by atoms with Crippen LogP contribution in [-0.2, 0) is 0 Å². The first-order valence-electron chi connectivity index (χ1n) is 18.7. The van der Waals surface area contributed by atoms with Crippen LogP contribution in [0.3, 0.4) is 0 Å². The molecule has 0 aliphatic heterocycles. The number of nitrogens with zero attached hydrogens (tertiary/aromatic N) is 6. The maximum absolute atomic E-state index is 5.37. The van der Waals surface area contributed by atoms with Crippen molar-refractivity contribution >= 4 is 43.6 Å². The van der Waals surface area contributed by atoms with Crippen molar-refractivity contribution in [3.8, 4) is 56.8 Å². The highest BCUT2D eigenvalue weighted by atomic mass is 15.2. The normalized spacial score (nSPS) is 11.6. The van der Waals surface area contributed by atoms with Gasteiger partial charge in [-0.05, 0) is 48.0 Å². The number of benzene rings is 7. The molecule has 11 aromatic rings. The number of para-hydroxylation sites is 4. The van der Waals surface area contributed by atoms with Crippen LogP contribution in [0.1, 0.15) is 0 Å². The van der Waals surface area contributed by atoms with Crippen molar-refractivity contribution in [2.24, 2.45) is 0 Å². The molecule has 0 atom stereocenters. The second-order valence-electron chi connectivity index (χ2n) is 13.9. The van der Waals surface area contributed by atoms with Crippen molar-refractivity contribution in [2.45, 2.75) is 0 Å². The Hall–Kier alpha value is -7.70. The van der Waals surface area contributed by atoms with Gasteiger partial charge in [0.2, 0.25) is 5.95 Å². The van der Waals surface area contributed by atoms with Crippen LogP contribution >= 0.6 is 0 Å². The van der Waals surface area contributed by atoms with E-state index in [0.717, 1.165) is 72.0 Å². The van der Waals surface area contributed by atoms with E-state index in [1.807, 2.05) is 36.5 Å². The smallest absolute Gasteiger partial charge is 0.238 e. The molecule has 6 heteroatoms. The molecule has 4 heterocycles. The van der Waals surface area contributed by atoms with E-state index in [1.54, 1.807) is 0 Å². The van der Waals surface area contributed by atoms with Gasteiger partial charge in [-0.15, -0.1) is 0 Å². The summed E-state index contributed by atoms with van der Waals surface area (Å²) in [6.45, 7) is 0. The van der Waals surface area contributed by atoms with Crippen LogP contribution in [0.2, 0.25) is 0 Å². The SMILES string of the molecule is c1ccc(-c2nc(-c3ccc(-c4ccccn4)c(-n4c5ccccc5c5ccccc54)c3)nc(-n3c4ccccc4c4cccc(-c5ccccc5)c43)n2)cc1. The van der Waals surface area contributed by atoms with Gasteiger partial charge in [-0.3, -0.25) is 9.55 Å². The Morgan fingerprint density at radius 1 is 0.357 bits per heavy atom. The lowest BCUT2D eigenvalue weighted by molar-refractivity contribution is 0.953. The first-order chi connectivity index (χ1) is 27.8. The second kappa shape index (κ2) is 13.0. The van der Waals surface area contributed by atoms with Crippen LogP contribution < -0.4 is 0 Å². The molecular weight excluding hydrogens is 685 g/mol. The quantitative estimate of drug-likeness (QED) is 0.172. The fraction of sp³-hybridized carbons (Fsp3) is 0. The third kappa shape index (κ3) is 5.11. The van der Waals surface area contributed by atoms with Crippen LogP contribution in [0.15, 0.2) is 194 Å². The molecule has 11 rings (SSSR count). The molecule has 6 nitrogen and oxygen atoms in total. The monoisotopic (exact) mass is 716 g/mol. The zero-order valence-corrected chi connectivity index (χ0v) is 30.2. The highest BCUT2D eigenvalue weighted by Crippen LogP contribution is 2.40. The fourth-order valence-electron chi connectivity index (χ4n) is 8.16. The summed E-state index contributed by atoms with van der Waals surface area (Å²) in [7, 11) is 0. The molecule has 0 amide bonds. The highest BCUT2D eigenvalue weighted by molar-refractivity contribution is 6.14. The summed E-state index contributed by atoms with van der Waals surface area (Å²) in [5.41, 5.74) is 11.2. The Labute approximate surface area is 322 Å². The van der Waals surface area contributed by atoms with Crippen molar-refractivity contribution in [3.63, 3.8) is 0 Å². The third-order valence-electron chi connectivity index (χ3n) is 10.7. The molecule has 0 aliphatic rings. The molecule has 0 N–H and O–H groups in total. The second-order valence-corrected chi connectivity index (χ2v) is 13.9. The zero-order chi connectivity index (χ0) is 37.0. The standard InChI is InChI=1S/C50H32N6/c1-3-16-33(17-4-1)36-23-15-24-40-39-22-9-12-28-45(39)56(47(36)40)50-53-48(34-18-5-2-6-19-34)52-49(54-50)35-29-30-41(42-25-13-14-31-51-42)46(32-35)55-43-26-10-7-20-37(43)38-21-8-11-27-44(38)55/h1-32H. The maximum atomic E-state index is 5.37. The molecule has 0 saturated heterocycles. The number of hydrogen-bond acceptors (Lipinski definition) is 4. The van der Waals surface area contributed by atoms with E-state index >= 15 is 0 Å². The van der Waals surface area contributed by atoms with E-state index in [2.05, 4.69) is 167 Å². The maximum Gasteiger partial charge on any atom is 0.238 e. The molecule has 262 valence electrons. The van der Waals surface area contributed by atoms with Gasteiger partial charge in [0.05, 0.1) is 33.4 Å².